The fourth-order valence-electron chi connectivity index (χ4n) is 1.63. The summed E-state index contributed by atoms with van der Waals surface area (Å²) in [6.07, 6.45) is 1.19. The van der Waals surface area contributed by atoms with Crippen LogP contribution in [0.5, 0.6) is 0 Å². The van der Waals surface area contributed by atoms with Gasteiger partial charge < -0.3 is 5.32 Å². The molecular weight excluding hydrogens is 197 g/mol. The van der Waals surface area contributed by atoms with Crippen LogP contribution in [-0.2, 0) is 0 Å². The van der Waals surface area contributed by atoms with Gasteiger partial charge in [-0.15, -0.1) is 11.8 Å². The largest absolute Gasteiger partial charge is 0.302 e. The number of nitrogens with one attached hydrogen (secondary N) is 1. The van der Waals surface area contributed by atoms with Crippen LogP contribution in [0.2, 0.25) is 0 Å². The van der Waals surface area contributed by atoms with E-state index in [0.717, 1.165) is 12.1 Å². The predicted molar refractivity (Wildman–Crippen MR) is 58.8 cm³/mol. The van der Waals surface area contributed by atoms with Gasteiger partial charge in [0.25, 0.3) is 0 Å². The third-order valence-electron chi connectivity index (χ3n) is 2.40. The van der Waals surface area contributed by atoms with E-state index in [1.54, 1.807) is 12.1 Å². The van der Waals surface area contributed by atoms with Gasteiger partial charge in [-0.1, -0.05) is 19.1 Å². The van der Waals surface area contributed by atoms with Crippen molar-refractivity contribution in [2.24, 2.45) is 0 Å². The summed E-state index contributed by atoms with van der Waals surface area (Å²) in [5.74, 6) is -0.150. The van der Waals surface area contributed by atoms with Crippen LogP contribution in [0.4, 0.5) is 4.39 Å². The first-order chi connectivity index (χ1) is 6.75. The minimum absolute atomic E-state index is 0.150. The molecule has 76 valence electrons. The van der Waals surface area contributed by atoms with Gasteiger partial charge in [0.1, 0.15) is 5.82 Å². The van der Waals surface area contributed by atoms with Gasteiger partial charge in [-0.25, -0.2) is 4.39 Å². The van der Waals surface area contributed by atoms with Gasteiger partial charge in [0.15, 0.2) is 0 Å². The number of benzene rings is 1. The van der Waals surface area contributed by atoms with Crippen molar-refractivity contribution >= 4 is 11.8 Å². The lowest BCUT2D eigenvalue weighted by Crippen LogP contribution is -2.28. The first-order valence-electron chi connectivity index (χ1n) is 4.90. The molecule has 0 saturated carbocycles. The van der Waals surface area contributed by atoms with Crippen molar-refractivity contribution in [2.75, 3.05) is 6.54 Å². The molecule has 1 saturated heterocycles. The second-order valence-electron chi connectivity index (χ2n) is 3.62. The maximum atomic E-state index is 13.0. The molecule has 0 bridgehead atoms. The molecule has 0 spiro atoms. The highest BCUT2D eigenvalue weighted by molar-refractivity contribution is 8.00. The molecule has 0 radical (unpaired) electrons. The third kappa shape index (κ3) is 2.28. The molecule has 1 fully saturated rings. The molecule has 1 aliphatic heterocycles. The van der Waals surface area contributed by atoms with Crippen LogP contribution in [0.3, 0.4) is 0 Å². The summed E-state index contributed by atoms with van der Waals surface area (Å²) in [5.41, 5.74) is 1.04. The van der Waals surface area contributed by atoms with Gasteiger partial charge in [0, 0.05) is 5.25 Å². The van der Waals surface area contributed by atoms with E-state index in [9.17, 15) is 4.39 Å². The zero-order valence-corrected chi connectivity index (χ0v) is 8.98. The Morgan fingerprint density at radius 3 is 3.07 bits per heavy atom. The third-order valence-corrected chi connectivity index (χ3v) is 3.81. The Hall–Kier alpha value is -0.540. The summed E-state index contributed by atoms with van der Waals surface area (Å²) in [6, 6.07) is 6.85. The Balaban J connectivity index is 2.14. The average molecular weight is 211 g/mol. The van der Waals surface area contributed by atoms with Crippen molar-refractivity contribution in [3.63, 3.8) is 0 Å². The molecule has 0 aliphatic carbocycles. The highest BCUT2D eigenvalue weighted by Crippen LogP contribution is 2.34. The lowest BCUT2D eigenvalue weighted by atomic mass is 10.2. The number of hydrogen-bond donors (Lipinski definition) is 1. The van der Waals surface area contributed by atoms with Crippen LogP contribution >= 0.6 is 11.8 Å². The fourth-order valence-corrected chi connectivity index (χ4v) is 2.87. The second-order valence-corrected chi connectivity index (χ2v) is 5.17. The highest BCUT2D eigenvalue weighted by Gasteiger charge is 2.20. The summed E-state index contributed by atoms with van der Waals surface area (Å²) in [5, 5.41) is 4.31. The lowest BCUT2D eigenvalue weighted by molar-refractivity contribution is 0.594. The molecule has 1 nitrogen and oxygen atoms in total. The van der Waals surface area contributed by atoms with Crippen molar-refractivity contribution in [3.05, 3.63) is 35.6 Å². The number of hydrogen-bond acceptors (Lipinski definition) is 2. The highest BCUT2D eigenvalue weighted by atomic mass is 32.2. The predicted octanol–water partition coefficient (Wildman–Crippen LogP) is 2.94. The summed E-state index contributed by atoms with van der Waals surface area (Å²) < 4.78 is 13.0. The smallest absolute Gasteiger partial charge is 0.123 e. The van der Waals surface area contributed by atoms with Gasteiger partial charge in [-0.2, -0.15) is 0 Å². The van der Waals surface area contributed by atoms with Gasteiger partial charge >= 0.3 is 0 Å². The second kappa shape index (κ2) is 4.32. The fraction of sp³-hybridized carbons (Fsp3) is 0.455. The van der Waals surface area contributed by atoms with E-state index in [4.69, 9.17) is 0 Å². The topological polar surface area (TPSA) is 12.0 Å². The average Bonchev–Trinajstić information content (AvgIpc) is 2.18. The minimum atomic E-state index is -0.150. The molecule has 3 heteroatoms. The molecule has 1 aromatic carbocycles. The van der Waals surface area contributed by atoms with Crippen molar-refractivity contribution in [1.82, 2.24) is 5.32 Å². The maximum Gasteiger partial charge on any atom is 0.123 e. The van der Waals surface area contributed by atoms with Crippen LogP contribution in [0.25, 0.3) is 0 Å². The van der Waals surface area contributed by atoms with E-state index in [1.807, 2.05) is 17.8 Å². The molecule has 1 aromatic rings. The van der Waals surface area contributed by atoms with Crippen LogP contribution < -0.4 is 5.32 Å². The zero-order chi connectivity index (χ0) is 9.97. The van der Waals surface area contributed by atoms with E-state index < -0.39 is 0 Å². The van der Waals surface area contributed by atoms with E-state index >= 15 is 0 Å². The molecule has 0 amide bonds. The zero-order valence-electron chi connectivity index (χ0n) is 8.16. The van der Waals surface area contributed by atoms with E-state index in [1.165, 1.54) is 12.5 Å². The number of halogens is 1. The summed E-state index contributed by atoms with van der Waals surface area (Å²) in [7, 11) is 0. The monoisotopic (exact) mass is 211 g/mol. The quantitative estimate of drug-likeness (QED) is 0.766. The normalized spacial score (nSPS) is 27.6. The summed E-state index contributed by atoms with van der Waals surface area (Å²) >= 11 is 1.87. The van der Waals surface area contributed by atoms with Gasteiger partial charge in [-0.3, -0.25) is 0 Å². The number of rotatable bonds is 1. The molecule has 0 aromatic heterocycles. The van der Waals surface area contributed by atoms with Crippen LogP contribution in [0.15, 0.2) is 24.3 Å². The Kier molecular flexibility index (Phi) is 3.08. The molecule has 14 heavy (non-hydrogen) atoms. The Labute approximate surface area is 88.1 Å². The maximum absolute atomic E-state index is 13.0. The Morgan fingerprint density at radius 2 is 2.36 bits per heavy atom. The molecule has 2 unspecified atom stereocenters. The van der Waals surface area contributed by atoms with Crippen LogP contribution in [-0.4, -0.2) is 11.8 Å². The van der Waals surface area contributed by atoms with Gasteiger partial charge in [-0.05, 0) is 30.7 Å². The van der Waals surface area contributed by atoms with Gasteiger partial charge in [0.2, 0.25) is 0 Å². The molecule has 2 rings (SSSR count). The Bertz CT molecular complexity index is 316. The van der Waals surface area contributed by atoms with Crippen LogP contribution in [0, 0.1) is 5.82 Å². The van der Waals surface area contributed by atoms with Gasteiger partial charge in [0.05, 0.1) is 5.37 Å². The Morgan fingerprint density at radius 1 is 1.50 bits per heavy atom. The van der Waals surface area contributed by atoms with Crippen molar-refractivity contribution in [2.45, 2.75) is 24.0 Å². The summed E-state index contributed by atoms with van der Waals surface area (Å²) in [6.45, 7) is 3.24. The summed E-state index contributed by atoms with van der Waals surface area (Å²) in [4.78, 5) is 0. The van der Waals surface area contributed by atoms with Crippen LogP contribution in [0.1, 0.15) is 24.3 Å². The molecular formula is C11H14FNS. The van der Waals surface area contributed by atoms with E-state index in [0.29, 0.717) is 5.25 Å². The molecule has 2 atom stereocenters. The molecule has 1 N–H and O–H groups in total. The van der Waals surface area contributed by atoms with Crippen molar-refractivity contribution < 1.29 is 4.39 Å². The van der Waals surface area contributed by atoms with Crippen molar-refractivity contribution in [1.29, 1.82) is 0 Å². The molecule has 1 aliphatic rings. The standard InChI is InChI=1S/C11H14FNS/c1-8-5-6-13-11(14-8)9-3-2-4-10(12)7-9/h2-4,7-8,11,13H,5-6H2,1H3. The SMILES string of the molecule is CC1CCNC(c2cccc(F)c2)S1. The molecule has 1 heterocycles. The van der Waals surface area contributed by atoms with Crippen molar-refractivity contribution in [3.8, 4) is 0 Å². The first-order valence-corrected chi connectivity index (χ1v) is 5.84. The number of thioether (sulfide) groups is 1. The first kappa shape index (κ1) is 9.99. The lowest BCUT2D eigenvalue weighted by Gasteiger charge is -2.28. The van der Waals surface area contributed by atoms with E-state index in [-0.39, 0.29) is 11.2 Å². The minimum Gasteiger partial charge on any atom is -0.302 e. The van der Waals surface area contributed by atoms with E-state index in [2.05, 4.69) is 12.2 Å².